The van der Waals surface area contributed by atoms with Crippen molar-refractivity contribution in [3.8, 4) is 0 Å². The molecule has 1 saturated heterocycles. The van der Waals surface area contributed by atoms with Crippen LogP contribution in [0, 0.1) is 13.8 Å². The van der Waals surface area contributed by atoms with Gasteiger partial charge in [0.15, 0.2) is 0 Å². The van der Waals surface area contributed by atoms with Gasteiger partial charge in [-0.15, -0.1) is 0 Å². The highest BCUT2D eigenvalue weighted by Crippen LogP contribution is 2.37. The molecule has 2 aromatic carbocycles. The molecule has 0 bridgehead atoms. The molecule has 1 aliphatic heterocycles. The molecule has 0 amide bonds. The Morgan fingerprint density at radius 3 is 2.46 bits per heavy atom. The molecule has 138 valence electrons. The lowest BCUT2D eigenvalue weighted by Gasteiger charge is -2.25. The van der Waals surface area contributed by atoms with Gasteiger partial charge in [0.05, 0.1) is 23.6 Å². The van der Waals surface area contributed by atoms with E-state index in [0.717, 1.165) is 24.0 Å². The van der Waals surface area contributed by atoms with Gasteiger partial charge in [0.2, 0.25) is 10.0 Å². The number of esters is 1. The Bertz CT molecular complexity index is 919. The highest BCUT2D eigenvalue weighted by Gasteiger charge is 2.37. The fourth-order valence-electron chi connectivity index (χ4n) is 3.40. The van der Waals surface area contributed by atoms with Gasteiger partial charge in [-0.05, 0) is 49.9 Å². The van der Waals surface area contributed by atoms with Gasteiger partial charge in [0, 0.05) is 6.54 Å². The van der Waals surface area contributed by atoms with Crippen molar-refractivity contribution < 1.29 is 17.9 Å². The molecular formula is C20H23NO4S. The molecule has 0 aliphatic carbocycles. The molecule has 5 nitrogen and oxygen atoms in total. The molecule has 3 rings (SSSR count). The number of methoxy groups -OCH3 is 1. The molecule has 0 radical (unpaired) electrons. The Labute approximate surface area is 154 Å². The summed E-state index contributed by atoms with van der Waals surface area (Å²) in [6.45, 7) is 4.22. The molecule has 0 N–H and O–H groups in total. The van der Waals surface area contributed by atoms with E-state index >= 15 is 0 Å². The summed E-state index contributed by atoms with van der Waals surface area (Å²) in [6.07, 6.45) is 1.60. The standard InChI is InChI=1S/C20H23NO4S/c1-14-6-9-16(10-7-14)18-5-4-12-21(18)26(23,24)19-13-17(20(22)25-3)11-8-15(19)2/h6-11,13,18H,4-5,12H2,1-3H3. The average molecular weight is 373 g/mol. The summed E-state index contributed by atoms with van der Waals surface area (Å²) < 4.78 is 33.0. The number of carbonyl (C=O) groups is 1. The summed E-state index contributed by atoms with van der Waals surface area (Å²) in [7, 11) is -2.43. The van der Waals surface area contributed by atoms with Gasteiger partial charge in [-0.2, -0.15) is 4.31 Å². The van der Waals surface area contributed by atoms with E-state index in [1.165, 1.54) is 13.2 Å². The van der Waals surface area contributed by atoms with Crippen LogP contribution in [0.1, 0.15) is 45.9 Å². The maximum absolute atomic E-state index is 13.3. The number of hydrogen-bond donors (Lipinski definition) is 0. The van der Waals surface area contributed by atoms with Crippen LogP contribution in [0.3, 0.4) is 0 Å². The first-order valence-corrected chi connectivity index (χ1v) is 10.1. The molecule has 6 heteroatoms. The van der Waals surface area contributed by atoms with Gasteiger partial charge in [0.25, 0.3) is 0 Å². The molecule has 0 aromatic heterocycles. The lowest BCUT2D eigenvalue weighted by Crippen LogP contribution is -2.31. The normalized spacial score (nSPS) is 18.0. The molecule has 26 heavy (non-hydrogen) atoms. The van der Waals surface area contributed by atoms with Gasteiger partial charge in [0.1, 0.15) is 0 Å². The summed E-state index contributed by atoms with van der Waals surface area (Å²) in [4.78, 5) is 12.0. The maximum atomic E-state index is 13.3. The van der Waals surface area contributed by atoms with E-state index in [-0.39, 0.29) is 16.5 Å². The minimum absolute atomic E-state index is 0.166. The lowest BCUT2D eigenvalue weighted by atomic mass is 10.0. The van der Waals surface area contributed by atoms with Crippen LogP contribution < -0.4 is 0 Å². The second-order valence-electron chi connectivity index (χ2n) is 6.66. The first-order valence-electron chi connectivity index (χ1n) is 8.62. The Hall–Kier alpha value is -2.18. The van der Waals surface area contributed by atoms with Crippen LogP contribution in [-0.2, 0) is 14.8 Å². The van der Waals surface area contributed by atoms with Crippen molar-refractivity contribution in [2.75, 3.05) is 13.7 Å². The fourth-order valence-corrected chi connectivity index (χ4v) is 5.33. The van der Waals surface area contributed by atoms with Crippen molar-refractivity contribution in [3.05, 3.63) is 64.7 Å². The zero-order valence-electron chi connectivity index (χ0n) is 15.2. The zero-order chi connectivity index (χ0) is 18.9. The van der Waals surface area contributed by atoms with Crippen LogP contribution in [0.2, 0.25) is 0 Å². The van der Waals surface area contributed by atoms with Gasteiger partial charge in [-0.25, -0.2) is 13.2 Å². The van der Waals surface area contributed by atoms with Gasteiger partial charge >= 0.3 is 5.97 Å². The highest BCUT2D eigenvalue weighted by atomic mass is 32.2. The van der Waals surface area contributed by atoms with E-state index in [1.54, 1.807) is 23.4 Å². The zero-order valence-corrected chi connectivity index (χ0v) is 16.0. The Morgan fingerprint density at radius 2 is 1.81 bits per heavy atom. The number of benzene rings is 2. The smallest absolute Gasteiger partial charge is 0.337 e. The first-order chi connectivity index (χ1) is 12.3. The molecule has 1 aliphatic rings. The Morgan fingerprint density at radius 1 is 1.12 bits per heavy atom. The molecule has 1 unspecified atom stereocenters. The van der Waals surface area contributed by atoms with E-state index in [2.05, 4.69) is 0 Å². The van der Waals surface area contributed by atoms with Gasteiger partial charge in [-0.1, -0.05) is 35.9 Å². The highest BCUT2D eigenvalue weighted by molar-refractivity contribution is 7.89. The van der Waals surface area contributed by atoms with Gasteiger partial charge < -0.3 is 4.74 Å². The summed E-state index contributed by atoms with van der Waals surface area (Å²) in [5.74, 6) is -0.544. The second kappa shape index (κ2) is 7.21. The molecule has 0 saturated carbocycles. The third kappa shape index (κ3) is 3.39. The third-order valence-electron chi connectivity index (χ3n) is 4.86. The average Bonchev–Trinajstić information content (AvgIpc) is 3.12. The second-order valence-corrected chi connectivity index (χ2v) is 8.52. The van der Waals surface area contributed by atoms with Crippen molar-refractivity contribution in [1.82, 2.24) is 4.31 Å². The molecule has 0 spiro atoms. The van der Waals surface area contributed by atoms with Crippen molar-refractivity contribution in [2.45, 2.75) is 37.6 Å². The number of carbonyl (C=O) groups excluding carboxylic acids is 1. The quantitative estimate of drug-likeness (QED) is 0.768. The Balaban J connectivity index is 2.01. The predicted molar refractivity (Wildman–Crippen MR) is 99.6 cm³/mol. The van der Waals surface area contributed by atoms with Gasteiger partial charge in [-0.3, -0.25) is 0 Å². The summed E-state index contributed by atoms with van der Waals surface area (Å²) >= 11 is 0. The van der Waals surface area contributed by atoms with Crippen LogP contribution in [-0.4, -0.2) is 32.3 Å². The van der Waals surface area contributed by atoms with Crippen LogP contribution >= 0.6 is 0 Å². The number of rotatable bonds is 4. The molecule has 1 fully saturated rings. The van der Waals surface area contributed by atoms with Crippen LogP contribution in [0.25, 0.3) is 0 Å². The molecule has 1 heterocycles. The predicted octanol–water partition coefficient (Wildman–Crippen LogP) is 3.62. The van der Waals surface area contributed by atoms with Crippen molar-refractivity contribution in [1.29, 1.82) is 0 Å². The van der Waals surface area contributed by atoms with E-state index in [9.17, 15) is 13.2 Å². The summed E-state index contributed by atoms with van der Waals surface area (Å²) in [5.41, 5.74) is 3.00. The minimum atomic E-state index is -3.72. The van der Waals surface area contributed by atoms with E-state index in [1.807, 2.05) is 31.2 Å². The van der Waals surface area contributed by atoms with Crippen LogP contribution in [0.15, 0.2) is 47.4 Å². The number of ether oxygens (including phenoxy) is 1. The Kier molecular flexibility index (Phi) is 5.16. The lowest BCUT2D eigenvalue weighted by molar-refractivity contribution is 0.0600. The van der Waals surface area contributed by atoms with E-state index in [0.29, 0.717) is 12.1 Å². The first kappa shape index (κ1) is 18.6. The minimum Gasteiger partial charge on any atom is -0.465 e. The molecule has 2 aromatic rings. The van der Waals surface area contributed by atoms with Crippen LogP contribution in [0.5, 0.6) is 0 Å². The monoisotopic (exact) mass is 373 g/mol. The SMILES string of the molecule is COC(=O)c1ccc(C)c(S(=O)(=O)N2CCCC2c2ccc(C)cc2)c1. The third-order valence-corrected chi connectivity index (χ3v) is 6.91. The largest absolute Gasteiger partial charge is 0.465 e. The topological polar surface area (TPSA) is 63.7 Å². The number of nitrogens with zero attached hydrogens (tertiary/aromatic N) is 1. The molecule has 1 atom stereocenters. The summed E-state index contributed by atoms with van der Waals surface area (Å²) in [6, 6.07) is 12.5. The number of aryl methyl sites for hydroxylation is 2. The summed E-state index contributed by atoms with van der Waals surface area (Å²) in [5, 5.41) is 0. The maximum Gasteiger partial charge on any atom is 0.337 e. The fraction of sp³-hybridized carbons (Fsp3) is 0.350. The van der Waals surface area contributed by atoms with Crippen LogP contribution in [0.4, 0.5) is 0 Å². The number of hydrogen-bond acceptors (Lipinski definition) is 4. The van der Waals surface area contributed by atoms with Crippen molar-refractivity contribution in [3.63, 3.8) is 0 Å². The van der Waals surface area contributed by atoms with Crippen molar-refractivity contribution in [2.24, 2.45) is 0 Å². The van der Waals surface area contributed by atoms with E-state index < -0.39 is 16.0 Å². The number of sulfonamides is 1. The van der Waals surface area contributed by atoms with E-state index in [4.69, 9.17) is 4.74 Å². The van der Waals surface area contributed by atoms with Crippen molar-refractivity contribution >= 4 is 16.0 Å². The molecular weight excluding hydrogens is 350 g/mol.